The average Bonchev–Trinajstić information content (AvgIpc) is 3.26. The standard InChI is InChI=1S/C17H24N2O5S/c20-17(21)12-7-8-15(19-13-4-1-2-5-13)16(10-12)25(22,23)18-11-14-6-3-9-24-14/h7-8,10,13-14,18-19H,1-6,9,11H2,(H,20,21). The van der Waals surface area contributed by atoms with E-state index < -0.39 is 16.0 Å². The molecule has 2 aliphatic rings. The highest BCUT2D eigenvalue weighted by Gasteiger charge is 2.25. The Labute approximate surface area is 147 Å². The topological polar surface area (TPSA) is 105 Å². The van der Waals surface area contributed by atoms with Gasteiger partial charge in [0.05, 0.1) is 17.4 Å². The van der Waals surface area contributed by atoms with E-state index in [2.05, 4.69) is 10.0 Å². The summed E-state index contributed by atoms with van der Waals surface area (Å²) >= 11 is 0. The molecule has 2 fully saturated rings. The lowest BCUT2D eigenvalue weighted by molar-refractivity contribution is 0.0696. The molecule has 1 heterocycles. The minimum Gasteiger partial charge on any atom is -0.478 e. The molecule has 0 spiro atoms. The van der Waals surface area contributed by atoms with Crippen molar-refractivity contribution in [1.82, 2.24) is 4.72 Å². The van der Waals surface area contributed by atoms with Crippen LogP contribution in [0.5, 0.6) is 0 Å². The van der Waals surface area contributed by atoms with Crippen molar-refractivity contribution < 1.29 is 23.1 Å². The van der Waals surface area contributed by atoms with E-state index in [4.69, 9.17) is 4.74 Å². The maximum atomic E-state index is 12.8. The number of sulfonamides is 1. The maximum absolute atomic E-state index is 12.8. The number of aromatic carboxylic acids is 1. The van der Waals surface area contributed by atoms with Crippen molar-refractivity contribution in [3.63, 3.8) is 0 Å². The van der Waals surface area contributed by atoms with E-state index in [1.807, 2.05) is 0 Å². The summed E-state index contributed by atoms with van der Waals surface area (Å²) in [5, 5.41) is 12.5. The van der Waals surface area contributed by atoms with Gasteiger partial charge in [0.15, 0.2) is 0 Å². The van der Waals surface area contributed by atoms with Crippen molar-refractivity contribution in [2.45, 2.75) is 55.6 Å². The molecule has 0 aromatic heterocycles. The first-order valence-electron chi connectivity index (χ1n) is 8.71. The molecule has 1 atom stereocenters. The van der Waals surface area contributed by atoms with Gasteiger partial charge in [0.1, 0.15) is 4.90 Å². The summed E-state index contributed by atoms with van der Waals surface area (Å²) in [6.07, 6.45) is 5.84. The second-order valence-corrected chi connectivity index (χ2v) is 8.36. The Morgan fingerprint density at radius 1 is 1.20 bits per heavy atom. The van der Waals surface area contributed by atoms with Crippen molar-refractivity contribution >= 4 is 21.7 Å². The average molecular weight is 368 g/mol. The highest BCUT2D eigenvalue weighted by molar-refractivity contribution is 7.89. The lowest BCUT2D eigenvalue weighted by Gasteiger charge is -2.19. The molecule has 1 saturated carbocycles. The molecule has 3 N–H and O–H groups in total. The van der Waals surface area contributed by atoms with Crippen LogP contribution in [-0.2, 0) is 14.8 Å². The van der Waals surface area contributed by atoms with E-state index in [9.17, 15) is 18.3 Å². The predicted octanol–water partition coefficient (Wildman–Crippen LogP) is 2.20. The van der Waals surface area contributed by atoms with Crippen molar-refractivity contribution in [2.24, 2.45) is 0 Å². The van der Waals surface area contributed by atoms with Gasteiger partial charge in [-0.05, 0) is 43.9 Å². The molecule has 0 radical (unpaired) electrons. The molecule has 0 bridgehead atoms. The Morgan fingerprint density at radius 3 is 2.60 bits per heavy atom. The number of hydrogen-bond acceptors (Lipinski definition) is 5. The van der Waals surface area contributed by atoms with Gasteiger partial charge in [-0.25, -0.2) is 17.9 Å². The second kappa shape index (κ2) is 7.72. The SMILES string of the molecule is O=C(O)c1ccc(NC2CCCC2)c(S(=O)(=O)NCC2CCCO2)c1. The van der Waals surface area contributed by atoms with Crippen LogP contribution < -0.4 is 10.0 Å². The number of carboxylic acid groups (broad SMARTS) is 1. The molecular formula is C17H24N2O5S. The molecule has 1 unspecified atom stereocenters. The molecule has 25 heavy (non-hydrogen) atoms. The number of rotatable bonds is 7. The molecule has 3 rings (SSSR count). The Balaban J connectivity index is 1.83. The normalized spacial score (nSPS) is 21.5. The first-order valence-corrected chi connectivity index (χ1v) is 10.2. The summed E-state index contributed by atoms with van der Waals surface area (Å²) in [7, 11) is -3.83. The summed E-state index contributed by atoms with van der Waals surface area (Å²) in [5.41, 5.74) is 0.409. The number of benzene rings is 1. The highest BCUT2D eigenvalue weighted by atomic mass is 32.2. The number of carboxylic acids is 1. The third kappa shape index (κ3) is 4.50. The first kappa shape index (κ1) is 18.2. The van der Waals surface area contributed by atoms with E-state index in [-0.39, 0.29) is 29.1 Å². The highest BCUT2D eigenvalue weighted by Crippen LogP contribution is 2.28. The quantitative estimate of drug-likeness (QED) is 0.681. The van der Waals surface area contributed by atoms with Crippen LogP contribution in [0.2, 0.25) is 0 Å². The summed E-state index contributed by atoms with van der Waals surface area (Å²) in [6.45, 7) is 0.845. The molecule has 1 aromatic rings. The fraction of sp³-hybridized carbons (Fsp3) is 0.588. The van der Waals surface area contributed by atoms with Crippen LogP contribution in [0.1, 0.15) is 48.9 Å². The van der Waals surface area contributed by atoms with Crippen molar-refractivity contribution in [3.05, 3.63) is 23.8 Å². The molecular weight excluding hydrogens is 344 g/mol. The number of nitrogens with one attached hydrogen (secondary N) is 2. The van der Waals surface area contributed by atoms with E-state index in [1.165, 1.54) is 12.1 Å². The number of ether oxygens (including phenoxy) is 1. The monoisotopic (exact) mass is 368 g/mol. The van der Waals surface area contributed by atoms with E-state index >= 15 is 0 Å². The Hall–Kier alpha value is -1.64. The Kier molecular flexibility index (Phi) is 5.61. The molecule has 1 aliphatic carbocycles. The summed E-state index contributed by atoms with van der Waals surface area (Å²) < 4.78 is 33.5. The van der Waals surface area contributed by atoms with Gasteiger partial charge in [-0.3, -0.25) is 0 Å². The van der Waals surface area contributed by atoms with Gasteiger partial charge in [0.2, 0.25) is 10.0 Å². The molecule has 8 heteroatoms. The van der Waals surface area contributed by atoms with Crippen LogP contribution in [0, 0.1) is 0 Å². The van der Waals surface area contributed by atoms with E-state index in [1.54, 1.807) is 6.07 Å². The number of hydrogen-bond donors (Lipinski definition) is 3. The number of carbonyl (C=O) groups is 1. The number of anilines is 1. The Bertz CT molecular complexity index is 723. The first-order chi connectivity index (χ1) is 12.0. The van der Waals surface area contributed by atoms with Gasteiger partial charge in [-0.15, -0.1) is 0 Å². The maximum Gasteiger partial charge on any atom is 0.335 e. The third-order valence-electron chi connectivity index (χ3n) is 4.76. The van der Waals surface area contributed by atoms with Crippen molar-refractivity contribution in [1.29, 1.82) is 0 Å². The van der Waals surface area contributed by atoms with E-state index in [0.717, 1.165) is 38.5 Å². The minimum absolute atomic E-state index is 0.0164. The van der Waals surface area contributed by atoms with Crippen molar-refractivity contribution in [3.8, 4) is 0 Å². The van der Waals surface area contributed by atoms with Crippen LogP contribution in [0.25, 0.3) is 0 Å². The zero-order valence-electron chi connectivity index (χ0n) is 14.0. The predicted molar refractivity (Wildman–Crippen MR) is 93.4 cm³/mol. The molecule has 138 valence electrons. The smallest absolute Gasteiger partial charge is 0.335 e. The van der Waals surface area contributed by atoms with Crippen LogP contribution in [0.3, 0.4) is 0 Å². The minimum atomic E-state index is -3.83. The molecule has 1 saturated heterocycles. The van der Waals surface area contributed by atoms with Crippen LogP contribution >= 0.6 is 0 Å². The fourth-order valence-corrected chi connectivity index (χ4v) is 4.63. The van der Waals surface area contributed by atoms with Gasteiger partial charge in [-0.1, -0.05) is 12.8 Å². The summed E-state index contributed by atoms with van der Waals surface area (Å²) in [6, 6.07) is 4.42. The fourth-order valence-electron chi connectivity index (χ4n) is 3.37. The third-order valence-corrected chi connectivity index (χ3v) is 6.22. The molecule has 0 amide bonds. The Morgan fingerprint density at radius 2 is 1.96 bits per heavy atom. The summed E-state index contributed by atoms with van der Waals surface area (Å²) in [5.74, 6) is -1.15. The van der Waals surface area contributed by atoms with Gasteiger partial charge in [-0.2, -0.15) is 0 Å². The lowest BCUT2D eigenvalue weighted by Crippen LogP contribution is -2.32. The van der Waals surface area contributed by atoms with Gasteiger partial charge in [0.25, 0.3) is 0 Å². The van der Waals surface area contributed by atoms with Crippen LogP contribution in [-0.4, -0.2) is 44.8 Å². The zero-order valence-corrected chi connectivity index (χ0v) is 14.8. The van der Waals surface area contributed by atoms with Gasteiger partial charge >= 0.3 is 5.97 Å². The van der Waals surface area contributed by atoms with Crippen LogP contribution in [0.4, 0.5) is 5.69 Å². The van der Waals surface area contributed by atoms with Crippen LogP contribution in [0.15, 0.2) is 23.1 Å². The second-order valence-electron chi connectivity index (χ2n) is 6.63. The van der Waals surface area contributed by atoms with Crippen molar-refractivity contribution in [2.75, 3.05) is 18.5 Å². The summed E-state index contributed by atoms with van der Waals surface area (Å²) in [4.78, 5) is 11.2. The van der Waals surface area contributed by atoms with Gasteiger partial charge in [0, 0.05) is 19.2 Å². The molecule has 1 aromatic carbocycles. The zero-order chi connectivity index (χ0) is 17.9. The van der Waals surface area contributed by atoms with Gasteiger partial charge < -0.3 is 15.2 Å². The largest absolute Gasteiger partial charge is 0.478 e. The molecule has 1 aliphatic heterocycles. The van der Waals surface area contributed by atoms with E-state index in [0.29, 0.717) is 12.3 Å². The lowest BCUT2D eigenvalue weighted by atomic mass is 10.2. The molecule has 7 nitrogen and oxygen atoms in total.